The van der Waals surface area contributed by atoms with Gasteiger partial charge >= 0.3 is 0 Å². The minimum atomic E-state index is 0.411. The lowest BCUT2D eigenvalue weighted by Gasteiger charge is -2.28. The lowest BCUT2D eigenvalue weighted by Crippen LogP contribution is -2.27. The van der Waals surface area contributed by atoms with Crippen LogP contribution in [0, 0.1) is 5.41 Å². The van der Waals surface area contributed by atoms with E-state index in [9.17, 15) is 0 Å². The Morgan fingerprint density at radius 3 is 2.67 bits per heavy atom. The molecule has 52 valence electrons. The minimum Gasteiger partial charge on any atom is -0.330 e. The first-order valence-corrected chi connectivity index (χ1v) is 3.62. The normalized spacial score (nSPS) is 34.9. The SMILES string of the molecule is CC1(CN)CC=CCC1. The topological polar surface area (TPSA) is 26.0 Å². The summed E-state index contributed by atoms with van der Waals surface area (Å²) in [6.45, 7) is 3.09. The van der Waals surface area contributed by atoms with Crippen LogP contribution in [0.2, 0.25) is 0 Å². The summed E-state index contributed by atoms with van der Waals surface area (Å²) in [6, 6.07) is 0. The number of hydrogen-bond acceptors (Lipinski definition) is 1. The molecule has 0 spiro atoms. The van der Waals surface area contributed by atoms with E-state index in [-0.39, 0.29) is 0 Å². The first kappa shape index (κ1) is 6.81. The summed E-state index contributed by atoms with van der Waals surface area (Å²) < 4.78 is 0. The zero-order chi connectivity index (χ0) is 6.74. The molecule has 0 aromatic rings. The van der Waals surface area contributed by atoms with Crippen LogP contribution in [-0.2, 0) is 0 Å². The van der Waals surface area contributed by atoms with E-state index in [0.717, 1.165) is 6.54 Å². The molecule has 1 aliphatic carbocycles. The molecule has 1 unspecified atom stereocenters. The van der Waals surface area contributed by atoms with Crippen molar-refractivity contribution in [1.82, 2.24) is 0 Å². The predicted octanol–water partition coefficient (Wildman–Crippen LogP) is 1.69. The van der Waals surface area contributed by atoms with Crippen molar-refractivity contribution in [2.45, 2.75) is 26.2 Å². The lowest BCUT2D eigenvalue weighted by molar-refractivity contribution is 0.304. The maximum Gasteiger partial charge on any atom is -0.00201 e. The van der Waals surface area contributed by atoms with Crippen LogP contribution >= 0.6 is 0 Å². The fraction of sp³-hybridized carbons (Fsp3) is 0.750. The second-order valence-electron chi connectivity index (χ2n) is 3.23. The van der Waals surface area contributed by atoms with Gasteiger partial charge in [0.05, 0.1) is 0 Å². The quantitative estimate of drug-likeness (QED) is 0.530. The van der Waals surface area contributed by atoms with Gasteiger partial charge in [-0.1, -0.05) is 19.1 Å². The molecule has 2 N–H and O–H groups in total. The highest BCUT2D eigenvalue weighted by atomic mass is 14.6. The van der Waals surface area contributed by atoms with E-state index in [0.29, 0.717) is 5.41 Å². The maximum atomic E-state index is 5.60. The molecule has 1 heteroatoms. The van der Waals surface area contributed by atoms with Gasteiger partial charge in [0.25, 0.3) is 0 Å². The van der Waals surface area contributed by atoms with Crippen LogP contribution in [0.15, 0.2) is 12.2 Å². The van der Waals surface area contributed by atoms with Crippen molar-refractivity contribution in [2.24, 2.45) is 11.1 Å². The zero-order valence-corrected chi connectivity index (χ0v) is 6.06. The highest BCUT2D eigenvalue weighted by molar-refractivity contribution is 4.96. The second-order valence-corrected chi connectivity index (χ2v) is 3.23. The van der Waals surface area contributed by atoms with Crippen molar-refractivity contribution in [1.29, 1.82) is 0 Å². The summed E-state index contributed by atoms with van der Waals surface area (Å²) in [5.41, 5.74) is 6.02. The third-order valence-electron chi connectivity index (χ3n) is 2.18. The second kappa shape index (κ2) is 2.53. The summed E-state index contributed by atoms with van der Waals surface area (Å²) in [5, 5.41) is 0. The Bertz CT molecular complexity index is 118. The summed E-state index contributed by atoms with van der Waals surface area (Å²) in [5.74, 6) is 0. The molecule has 1 rings (SSSR count). The Balaban J connectivity index is 2.50. The molecule has 0 bridgehead atoms. The predicted molar refractivity (Wildman–Crippen MR) is 40.2 cm³/mol. The molecule has 1 atom stereocenters. The molecule has 0 heterocycles. The van der Waals surface area contributed by atoms with Crippen LogP contribution in [0.3, 0.4) is 0 Å². The first-order chi connectivity index (χ1) is 4.27. The third-order valence-corrected chi connectivity index (χ3v) is 2.18. The molecule has 0 saturated heterocycles. The highest BCUT2D eigenvalue weighted by Crippen LogP contribution is 2.30. The molecule has 0 amide bonds. The van der Waals surface area contributed by atoms with Gasteiger partial charge in [-0.3, -0.25) is 0 Å². The molecule has 0 aromatic heterocycles. The average Bonchev–Trinajstić information content (AvgIpc) is 1.90. The van der Waals surface area contributed by atoms with Gasteiger partial charge in [-0.2, -0.15) is 0 Å². The van der Waals surface area contributed by atoms with E-state index in [4.69, 9.17) is 5.73 Å². The Kier molecular flexibility index (Phi) is 1.91. The smallest absolute Gasteiger partial charge is 0.00201 e. The largest absolute Gasteiger partial charge is 0.330 e. The van der Waals surface area contributed by atoms with Gasteiger partial charge in [-0.15, -0.1) is 0 Å². The Morgan fingerprint density at radius 1 is 1.56 bits per heavy atom. The Hall–Kier alpha value is -0.300. The Morgan fingerprint density at radius 2 is 2.33 bits per heavy atom. The first-order valence-electron chi connectivity index (χ1n) is 3.62. The number of allylic oxidation sites excluding steroid dienone is 2. The van der Waals surface area contributed by atoms with Gasteiger partial charge in [-0.25, -0.2) is 0 Å². The van der Waals surface area contributed by atoms with E-state index in [2.05, 4.69) is 19.1 Å². The van der Waals surface area contributed by atoms with E-state index in [1.807, 2.05) is 0 Å². The maximum absolute atomic E-state index is 5.60. The summed E-state index contributed by atoms with van der Waals surface area (Å²) >= 11 is 0. The fourth-order valence-corrected chi connectivity index (χ4v) is 1.20. The number of rotatable bonds is 1. The molecular formula is C8H15N. The van der Waals surface area contributed by atoms with Crippen LogP contribution in [0.5, 0.6) is 0 Å². The molecule has 1 aliphatic rings. The van der Waals surface area contributed by atoms with Gasteiger partial charge in [0.1, 0.15) is 0 Å². The van der Waals surface area contributed by atoms with E-state index in [1.165, 1.54) is 19.3 Å². The summed E-state index contributed by atoms with van der Waals surface area (Å²) in [7, 11) is 0. The minimum absolute atomic E-state index is 0.411. The average molecular weight is 125 g/mol. The number of nitrogens with two attached hydrogens (primary N) is 1. The molecule has 1 nitrogen and oxygen atoms in total. The molecule has 0 aliphatic heterocycles. The van der Waals surface area contributed by atoms with E-state index < -0.39 is 0 Å². The molecular weight excluding hydrogens is 110 g/mol. The molecule has 9 heavy (non-hydrogen) atoms. The summed E-state index contributed by atoms with van der Waals surface area (Å²) in [6.07, 6.45) is 8.14. The molecule has 0 fully saturated rings. The van der Waals surface area contributed by atoms with Gasteiger partial charge in [-0.05, 0) is 31.2 Å². The van der Waals surface area contributed by atoms with Crippen molar-refractivity contribution in [3.63, 3.8) is 0 Å². The van der Waals surface area contributed by atoms with Crippen molar-refractivity contribution in [3.8, 4) is 0 Å². The monoisotopic (exact) mass is 125 g/mol. The van der Waals surface area contributed by atoms with Gasteiger partial charge in [0.2, 0.25) is 0 Å². The standard InChI is InChI=1S/C8H15N/c1-8(7-9)5-3-2-4-6-8/h2-3H,4-7,9H2,1H3. The van der Waals surface area contributed by atoms with Crippen LogP contribution in [0.4, 0.5) is 0 Å². The van der Waals surface area contributed by atoms with Crippen molar-refractivity contribution in [2.75, 3.05) is 6.54 Å². The van der Waals surface area contributed by atoms with Crippen LogP contribution < -0.4 is 5.73 Å². The zero-order valence-electron chi connectivity index (χ0n) is 6.06. The van der Waals surface area contributed by atoms with Crippen molar-refractivity contribution < 1.29 is 0 Å². The summed E-state index contributed by atoms with van der Waals surface area (Å²) in [4.78, 5) is 0. The third kappa shape index (κ3) is 1.55. The van der Waals surface area contributed by atoms with Crippen LogP contribution in [-0.4, -0.2) is 6.54 Å². The molecule has 0 aromatic carbocycles. The van der Waals surface area contributed by atoms with Crippen LogP contribution in [0.25, 0.3) is 0 Å². The molecule has 0 saturated carbocycles. The van der Waals surface area contributed by atoms with E-state index in [1.54, 1.807) is 0 Å². The van der Waals surface area contributed by atoms with Crippen LogP contribution in [0.1, 0.15) is 26.2 Å². The van der Waals surface area contributed by atoms with Gasteiger partial charge < -0.3 is 5.73 Å². The fourth-order valence-electron chi connectivity index (χ4n) is 1.20. The number of hydrogen-bond donors (Lipinski definition) is 1. The van der Waals surface area contributed by atoms with E-state index >= 15 is 0 Å². The lowest BCUT2D eigenvalue weighted by atomic mass is 9.79. The highest BCUT2D eigenvalue weighted by Gasteiger charge is 2.21. The van der Waals surface area contributed by atoms with Gasteiger partial charge in [0.15, 0.2) is 0 Å². The van der Waals surface area contributed by atoms with Crippen molar-refractivity contribution in [3.05, 3.63) is 12.2 Å². The Labute approximate surface area is 56.9 Å². The molecule has 0 radical (unpaired) electrons. The van der Waals surface area contributed by atoms with Gasteiger partial charge in [0, 0.05) is 0 Å². The van der Waals surface area contributed by atoms with Crippen molar-refractivity contribution >= 4 is 0 Å².